The number of hydrogen-bond acceptors (Lipinski definition) is 7. The first-order chi connectivity index (χ1) is 21.1. The number of hydrogen-bond donors (Lipinski definition) is 0. The molecule has 0 radical (unpaired) electrons. The maximum atomic E-state index is 14.1. The second-order valence-electron chi connectivity index (χ2n) is 9.65. The van der Waals surface area contributed by atoms with Crippen LogP contribution in [-0.4, -0.2) is 23.8 Å². The van der Waals surface area contributed by atoms with E-state index >= 15 is 0 Å². The monoisotopic (exact) mass is 826 g/mol. The summed E-state index contributed by atoms with van der Waals surface area (Å²) in [5.41, 5.74) is 2.82. The van der Waals surface area contributed by atoms with Crippen LogP contribution in [0.4, 0.5) is 0 Å². The molecular weight excluding hydrogens is 802 g/mol. The summed E-state index contributed by atoms with van der Waals surface area (Å²) in [6.45, 7) is 6.38. The van der Waals surface area contributed by atoms with Crippen molar-refractivity contribution in [3.63, 3.8) is 0 Å². The Hall–Kier alpha value is -2.64. The van der Waals surface area contributed by atoms with Gasteiger partial charge in [-0.05, 0) is 97.0 Å². The lowest BCUT2D eigenvalue weighted by atomic mass is 9.96. The average molecular weight is 828 g/mol. The van der Waals surface area contributed by atoms with Crippen molar-refractivity contribution in [2.24, 2.45) is 4.99 Å². The van der Waals surface area contributed by atoms with Crippen molar-refractivity contribution in [1.82, 2.24) is 4.57 Å². The second-order valence-corrected chi connectivity index (χ2v) is 13.5. The van der Waals surface area contributed by atoms with E-state index in [1.165, 1.54) is 11.3 Å². The number of aromatic nitrogens is 1. The van der Waals surface area contributed by atoms with Gasteiger partial charge in [-0.2, -0.15) is 0 Å². The topological polar surface area (TPSA) is 79.1 Å². The van der Waals surface area contributed by atoms with Crippen LogP contribution in [0, 0.1) is 3.57 Å². The fourth-order valence-corrected chi connectivity index (χ4v) is 7.85. The third-order valence-electron chi connectivity index (χ3n) is 6.71. The number of carbonyl (C=O) groups excluding carboxylic acids is 1. The third kappa shape index (κ3) is 6.94. The molecule has 1 aliphatic rings. The lowest BCUT2D eigenvalue weighted by Crippen LogP contribution is -2.39. The number of carbonyl (C=O) groups is 1. The van der Waals surface area contributed by atoms with Gasteiger partial charge in [-0.3, -0.25) is 9.36 Å². The lowest BCUT2D eigenvalue weighted by Gasteiger charge is -2.24. The Labute approximate surface area is 290 Å². The van der Waals surface area contributed by atoms with E-state index in [1.54, 1.807) is 36.6 Å². The van der Waals surface area contributed by atoms with Crippen LogP contribution in [0.1, 0.15) is 43.5 Å². The summed E-state index contributed by atoms with van der Waals surface area (Å²) < 4.78 is 21.0. The van der Waals surface area contributed by atoms with E-state index in [4.69, 9.17) is 37.4 Å². The number of rotatable bonds is 9. The number of halogens is 4. The molecule has 0 unspecified atom stereocenters. The Morgan fingerprint density at radius 1 is 1.07 bits per heavy atom. The van der Waals surface area contributed by atoms with Crippen LogP contribution in [-0.2, 0) is 16.1 Å². The van der Waals surface area contributed by atoms with Gasteiger partial charge in [0.15, 0.2) is 4.80 Å². The Kier molecular flexibility index (Phi) is 10.6. The summed E-state index contributed by atoms with van der Waals surface area (Å²) in [5.74, 6) is 0.790. The average Bonchev–Trinajstić information content (AvgIpc) is 3.28. The number of esters is 1. The number of allylic oxidation sites excluding steroid dienone is 1. The predicted molar refractivity (Wildman–Crippen MR) is 186 cm³/mol. The first-order valence-corrected chi connectivity index (χ1v) is 17.0. The standard InChI is InChI=1S/C32H26BrCl2IN2O5S/c1-4-41-22-9-7-19(8-10-22)28-27(31(40)42-5-2)17(3)37-32-38(28)30(39)26(44-32)14-20-13-21(33)15-25(36)29(20)43-16-18-6-11-23(34)24(35)12-18/h6-15,28H,4-5,16H2,1-3H3/b26-14-/t28-/m1/s1. The number of fused-ring (bicyclic) bond motifs is 1. The van der Waals surface area contributed by atoms with Gasteiger partial charge in [0.05, 0.1) is 48.7 Å². The van der Waals surface area contributed by atoms with Crippen molar-refractivity contribution in [3.05, 3.63) is 120 Å². The number of ether oxygens (including phenoxy) is 3. The van der Waals surface area contributed by atoms with Crippen LogP contribution in [0.5, 0.6) is 11.5 Å². The molecule has 2 heterocycles. The molecule has 1 aliphatic heterocycles. The minimum absolute atomic E-state index is 0.197. The van der Waals surface area contributed by atoms with Crippen LogP contribution in [0.25, 0.3) is 6.08 Å². The Morgan fingerprint density at radius 2 is 1.82 bits per heavy atom. The Balaban J connectivity index is 1.62. The van der Waals surface area contributed by atoms with E-state index < -0.39 is 12.0 Å². The van der Waals surface area contributed by atoms with Crippen molar-refractivity contribution in [3.8, 4) is 11.5 Å². The van der Waals surface area contributed by atoms with E-state index in [1.807, 2.05) is 49.4 Å². The highest BCUT2D eigenvalue weighted by Crippen LogP contribution is 2.33. The maximum Gasteiger partial charge on any atom is 0.338 e. The van der Waals surface area contributed by atoms with Gasteiger partial charge in [0.25, 0.3) is 5.56 Å². The molecule has 5 rings (SSSR count). The number of nitrogens with zero attached hydrogens (tertiary/aromatic N) is 2. The molecule has 0 N–H and O–H groups in total. The normalized spacial score (nSPS) is 14.7. The maximum absolute atomic E-state index is 14.1. The smallest absolute Gasteiger partial charge is 0.338 e. The van der Waals surface area contributed by atoms with Crippen molar-refractivity contribution in [2.75, 3.05) is 13.2 Å². The van der Waals surface area contributed by atoms with Crippen molar-refractivity contribution in [2.45, 2.75) is 33.4 Å². The van der Waals surface area contributed by atoms with E-state index in [0.717, 1.165) is 19.2 Å². The Morgan fingerprint density at radius 3 is 2.50 bits per heavy atom. The summed E-state index contributed by atoms with van der Waals surface area (Å²) in [6, 6.07) is 15.8. The third-order valence-corrected chi connectivity index (χ3v) is 9.70. The highest BCUT2D eigenvalue weighted by atomic mass is 127. The molecule has 7 nitrogen and oxygen atoms in total. The quantitative estimate of drug-likeness (QED) is 0.130. The summed E-state index contributed by atoms with van der Waals surface area (Å²) in [5, 5.41) is 0.911. The zero-order valence-corrected chi connectivity index (χ0v) is 29.9. The molecule has 0 fully saturated rings. The van der Waals surface area contributed by atoms with Crippen molar-refractivity contribution >= 4 is 85.1 Å². The zero-order chi connectivity index (χ0) is 31.5. The van der Waals surface area contributed by atoms with Crippen LogP contribution in [0.15, 0.2) is 80.1 Å². The first kappa shape index (κ1) is 32.7. The molecule has 1 aromatic heterocycles. The second kappa shape index (κ2) is 14.2. The van der Waals surface area contributed by atoms with Gasteiger partial charge in [-0.15, -0.1) is 0 Å². The molecule has 44 heavy (non-hydrogen) atoms. The van der Waals surface area contributed by atoms with Gasteiger partial charge < -0.3 is 14.2 Å². The molecule has 0 saturated heterocycles. The fourth-order valence-electron chi connectivity index (χ4n) is 4.79. The van der Waals surface area contributed by atoms with E-state index in [9.17, 15) is 9.59 Å². The highest BCUT2D eigenvalue weighted by molar-refractivity contribution is 14.1. The largest absolute Gasteiger partial charge is 0.494 e. The molecule has 0 bridgehead atoms. The zero-order valence-electron chi connectivity index (χ0n) is 23.8. The lowest BCUT2D eigenvalue weighted by molar-refractivity contribution is -0.139. The fraction of sp³-hybridized carbons (Fsp3) is 0.219. The van der Waals surface area contributed by atoms with E-state index in [0.29, 0.717) is 54.3 Å². The van der Waals surface area contributed by atoms with Gasteiger partial charge in [-0.25, -0.2) is 9.79 Å². The molecule has 3 aromatic carbocycles. The summed E-state index contributed by atoms with van der Waals surface area (Å²) in [4.78, 5) is 32.5. The van der Waals surface area contributed by atoms with Crippen LogP contribution in [0.3, 0.4) is 0 Å². The molecule has 0 amide bonds. The van der Waals surface area contributed by atoms with Crippen molar-refractivity contribution in [1.29, 1.82) is 0 Å². The van der Waals surface area contributed by atoms with Gasteiger partial charge in [-0.1, -0.05) is 68.7 Å². The van der Waals surface area contributed by atoms with Crippen LogP contribution >= 0.6 is 73.1 Å². The number of benzene rings is 3. The molecule has 0 spiro atoms. The molecule has 4 aromatic rings. The SMILES string of the molecule is CCOC(=O)C1=C(C)N=c2s/c(=C\c3cc(Br)cc(I)c3OCc3ccc(Cl)c(Cl)c3)c(=O)n2[C@@H]1c1ccc(OCC)cc1. The molecular formula is C32H26BrCl2IN2O5S. The summed E-state index contributed by atoms with van der Waals surface area (Å²) >= 11 is 19.3. The summed E-state index contributed by atoms with van der Waals surface area (Å²) in [6.07, 6.45) is 1.79. The predicted octanol–water partition coefficient (Wildman–Crippen LogP) is 7.45. The van der Waals surface area contributed by atoms with E-state index in [2.05, 4.69) is 43.5 Å². The molecule has 12 heteroatoms. The van der Waals surface area contributed by atoms with Gasteiger partial charge in [0, 0.05) is 10.0 Å². The van der Waals surface area contributed by atoms with Gasteiger partial charge >= 0.3 is 5.97 Å². The summed E-state index contributed by atoms with van der Waals surface area (Å²) in [7, 11) is 0. The first-order valence-electron chi connectivity index (χ1n) is 13.6. The van der Waals surface area contributed by atoms with Gasteiger partial charge in [0.1, 0.15) is 18.1 Å². The highest BCUT2D eigenvalue weighted by Gasteiger charge is 2.33. The van der Waals surface area contributed by atoms with Crippen LogP contribution < -0.4 is 24.4 Å². The molecule has 1 atom stereocenters. The van der Waals surface area contributed by atoms with Gasteiger partial charge in [0.2, 0.25) is 0 Å². The minimum Gasteiger partial charge on any atom is -0.494 e. The van der Waals surface area contributed by atoms with Crippen molar-refractivity contribution < 1.29 is 19.0 Å². The molecule has 228 valence electrons. The molecule has 0 saturated carbocycles. The van der Waals surface area contributed by atoms with E-state index in [-0.39, 0.29) is 18.8 Å². The van der Waals surface area contributed by atoms with Crippen LogP contribution in [0.2, 0.25) is 10.0 Å². The minimum atomic E-state index is -0.726. The molecule has 0 aliphatic carbocycles. The number of thiazole rings is 1. The Bertz CT molecular complexity index is 1960.